The second-order valence-electron chi connectivity index (χ2n) is 8.26. The maximum atomic E-state index is 13.4. The fourth-order valence-corrected chi connectivity index (χ4v) is 4.45. The summed E-state index contributed by atoms with van der Waals surface area (Å²) in [5.74, 6) is -0.629. The van der Waals surface area contributed by atoms with E-state index in [1.807, 2.05) is 32.0 Å². The molecule has 0 spiro atoms. The Bertz CT molecular complexity index is 1400. The second-order valence-corrected chi connectivity index (χ2v) is 9.25. The van der Waals surface area contributed by atoms with Gasteiger partial charge in [-0.15, -0.1) is 0 Å². The smallest absolute Gasteiger partial charge is 0.343 e. The molecule has 190 valence electrons. The molecule has 3 aromatic rings. The summed E-state index contributed by atoms with van der Waals surface area (Å²) in [5, 5.41) is -0.381. The van der Waals surface area contributed by atoms with Gasteiger partial charge in [0.2, 0.25) is 0 Å². The van der Waals surface area contributed by atoms with Gasteiger partial charge in [0.1, 0.15) is 18.2 Å². The van der Waals surface area contributed by atoms with Crippen LogP contribution in [0.2, 0.25) is 0 Å². The number of imide groups is 1. The van der Waals surface area contributed by atoms with Crippen molar-refractivity contribution >= 4 is 35.0 Å². The number of carbonyl (C=O) groups excluding carboxylic acids is 3. The quantitative estimate of drug-likeness (QED) is 0.211. The molecule has 37 heavy (non-hydrogen) atoms. The Morgan fingerprint density at radius 1 is 1.00 bits per heavy atom. The van der Waals surface area contributed by atoms with Crippen LogP contribution in [-0.2, 0) is 4.79 Å². The minimum absolute atomic E-state index is 0.0568. The van der Waals surface area contributed by atoms with Crippen LogP contribution in [0.4, 0.5) is 9.18 Å². The maximum Gasteiger partial charge on any atom is 0.343 e. The average Bonchev–Trinajstić information content (AvgIpc) is 3.14. The number of ether oxygens (including phenoxy) is 3. The lowest BCUT2D eigenvalue weighted by Crippen LogP contribution is -2.32. The van der Waals surface area contributed by atoms with Crippen molar-refractivity contribution in [1.82, 2.24) is 4.90 Å². The Morgan fingerprint density at radius 2 is 1.81 bits per heavy atom. The summed E-state index contributed by atoms with van der Waals surface area (Å²) >= 11 is 0.837. The lowest BCUT2D eigenvalue weighted by Gasteiger charge is -2.14. The van der Waals surface area contributed by atoms with E-state index in [2.05, 4.69) is 0 Å². The molecule has 3 aromatic carbocycles. The van der Waals surface area contributed by atoms with Gasteiger partial charge in [0.25, 0.3) is 11.1 Å². The number of hydrogen-bond donors (Lipinski definition) is 0. The van der Waals surface area contributed by atoms with Crippen LogP contribution in [0, 0.1) is 19.7 Å². The number of rotatable bonds is 8. The molecule has 1 aliphatic rings. The van der Waals surface area contributed by atoms with Crippen LogP contribution in [0.3, 0.4) is 0 Å². The molecule has 2 amide bonds. The summed E-state index contributed by atoms with van der Waals surface area (Å²) in [4.78, 5) is 39.1. The van der Waals surface area contributed by atoms with Crippen LogP contribution >= 0.6 is 11.8 Å². The molecule has 0 saturated carbocycles. The van der Waals surface area contributed by atoms with E-state index >= 15 is 0 Å². The lowest BCUT2D eigenvalue weighted by molar-refractivity contribution is -0.123. The van der Waals surface area contributed by atoms with Crippen molar-refractivity contribution in [2.75, 3.05) is 20.3 Å². The minimum Gasteiger partial charge on any atom is -0.493 e. The van der Waals surface area contributed by atoms with E-state index in [9.17, 15) is 18.8 Å². The van der Waals surface area contributed by atoms with Crippen molar-refractivity contribution in [3.63, 3.8) is 0 Å². The van der Waals surface area contributed by atoms with Crippen molar-refractivity contribution in [2.24, 2.45) is 0 Å². The van der Waals surface area contributed by atoms with Gasteiger partial charge in [-0.1, -0.05) is 24.3 Å². The van der Waals surface area contributed by atoms with E-state index in [0.717, 1.165) is 33.9 Å². The molecule has 1 fully saturated rings. The average molecular weight is 522 g/mol. The van der Waals surface area contributed by atoms with Crippen LogP contribution < -0.4 is 14.2 Å². The molecule has 4 rings (SSSR count). The number of thioether (sulfide) groups is 1. The van der Waals surface area contributed by atoms with Crippen molar-refractivity contribution in [3.05, 3.63) is 93.6 Å². The van der Waals surface area contributed by atoms with Gasteiger partial charge in [-0.25, -0.2) is 9.18 Å². The summed E-state index contributed by atoms with van der Waals surface area (Å²) in [7, 11) is 1.41. The Balaban J connectivity index is 1.43. The van der Waals surface area contributed by atoms with Crippen LogP contribution in [0.1, 0.15) is 27.0 Å². The topological polar surface area (TPSA) is 82.1 Å². The van der Waals surface area contributed by atoms with Gasteiger partial charge < -0.3 is 14.2 Å². The molecular formula is C28H24FNO6S. The van der Waals surface area contributed by atoms with Crippen molar-refractivity contribution < 1.29 is 33.0 Å². The molecule has 0 aliphatic carbocycles. The molecule has 0 bridgehead atoms. The third-order valence-corrected chi connectivity index (χ3v) is 6.45. The molecule has 0 N–H and O–H groups in total. The van der Waals surface area contributed by atoms with Crippen LogP contribution in [-0.4, -0.2) is 42.3 Å². The highest BCUT2D eigenvalue weighted by molar-refractivity contribution is 8.18. The van der Waals surface area contributed by atoms with Crippen molar-refractivity contribution in [1.29, 1.82) is 0 Å². The molecule has 1 aliphatic heterocycles. The van der Waals surface area contributed by atoms with Gasteiger partial charge in [0, 0.05) is 0 Å². The zero-order valence-corrected chi connectivity index (χ0v) is 21.3. The Labute approximate surface area is 217 Å². The van der Waals surface area contributed by atoms with Crippen LogP contribution in [0.15, 0.2) is 65.6 Å². The first-order chi connectivity index (χ1) is 17.7. The molecular weight excluding hydrogens is 497 g/mol. The first kappa shape index (κ1) is 26.0. The summed E-state index contributed by atoms with van der Waals surface area (Å²) in [5.41, 5.74) is 2.65. The van der Waals surface area contributed by atoms with Gasteiger partial charge >= 0.3 is 5.97 Å². The monoisotopic (exact) mass is 521 g/mol. The number of methoxy groups -OCH3 is 1. The van der Waals surface area contributed by atoms with E-state index < -0.39 is 17.7 Å². The molecule has 0 radical (unpaired) electrons. The summed E-state index contributed by atoms with van der Waals surface area (Å²) < 4.78 is 29.9. The fourth-order valence-electron chi connectivity index (χ4n) is 3.59. The third kappa shape index (κ3) is 6.18. The molecule has 0 atom stereocenters. The number of aryl methyl sites for hydroxylation is 2. The first-order valence-corrected chi connectivity index (χ1v) is 12.2. The summed E-state index contributed by atoms with van der Waals surface area (Å²) in [6.45, 7) is 4.19. The lowest BCUT2D eigenvalue weighted by atomic mass is 10.1. The number of nitrogens with zero attached hydrogens (tertiary/aromatic N) is 1. The van der Waals surface area contributed by atoms with Gasteiger partial charge in [-0.05, 0) is 84.8 Å². The fraction of sp³-hybridized carbons (Fsp3) is 0.179. The van der Waals surface area contributed by atoms with Crippen LogP contribution in [0.25, 0.3) is 6.08 Å². The number of amides is 2. The number of esters is 1. The number of halogens is 1. The minimum atomic E-state index is -0.741. The van der Waals surface area contributed by atoms with Gasteiger partial charge in [-0.2, -0.15) is 0 Å². The van der Waals surface area contributed by atoms with E-state index in [4.69, 9.17) is 14.2 Å². The highest BCUT2D eigenvalue weighted by Gasteiger charge is 2.34. The Morgan fingerprint density at radius 3 is 2.57 bits per heavy atom. The van der Waals surface area contributed by atoms with Crippen molar-refractivity contribution in [3.8, 4) is 17.2 Å². The molecule has 7 nitrogen and oxygen atoms in total. The summed E-state index contributed by atoms with van der Waals surface area (Å²) in [6, 6.07) is 15.7. The molecule has 1 heterocycles. The zero-order valence-electron chi connectivity index (χ0n) is 20.4. The highest BCUT2D eigenvalue weighted by Crippen LogP contribution is 2.35. The Kier molecular flexibility index (Phi) is 7.93. The second kappa shape index (κ2) is 11.3. The highest BCUT2D eigenvalue weighted by atomic mass is 32.2. The molecule has 9 heteroatoms. The number of benzene rings is 3. The number of hydrogen-bond acceptors (Lipinski definition) is 7. The van der Waals surface area contributed by atoms with Gasteiger partial charge in [0.15, 0.2) is 11.5 Å². The predicted molar refractivity (Wildman–Crippen MR) is 138 cm³/mol. The first-order valence-electron chi connectivity index (χ1n) is 11.4. The third-order valence-electron chi connectivity index (χ3n) is 5.54. The standard InChI is InChI=1S/C28H24FNO6S/c1-17-7-8-18(2)23(13-17)35-12-11-30-26(31)25(37-28(30)33)15-19-9-10-22(24(14-19)34-3)36-27(32)20-5-4-6-21(29)16-20/h4-10,13-16H,11-12H2,1-3H3/b25-15-. The zero-order chi connectivity index (χ0) is 26.5. The molecule has 1 saturated heterocycles. The molecule has 0 unspecified atom stereocenters. The van der Waals surface area contributed by atoms with E-state index in [0.29, 0.717) is 11.3 Å². The summed E-state index contributed by atoms with van der Waals surface area (Å²) in [6.07, 6.45) is 1.57. The maximum absolute atomic E-state index is 13.4. The predicted octanol–water partition coefficient (Wildman–Crippen LogP) is 5.79. The SMILES string of the molecule is COc1cc(/C=C2\SC(=O)N(CCOc3cc(C)ccc3C)C2=O)ccc1OC(=O)c1cccc(F)c1. The van der Waals surface area contributed by atoms with E-state index in [1.165, 1.54) is 31.4 Å². The van der Waals surface area contributed by atoms with Crippen molar-refractivity contribution in [2.45, 2.75) is 13.8 Å². The number of carbonyl (C=O) groups is 3. The Hall–Kier alpha value is -4.11. The van der Waals surface area contributed by atoms with Gasteiger partial charge in [0.05, 0.1) is 24.1 Å². The molecule has 0 aromatic heterocycles. The van der Waals surface area contributed by atoms with E-state index in [1.54, 1.807) is 18.2 Å². The van der Waals surface area contributed by atoms with Crippen LogP contribution in [0.5, 0.6) is 17.2 Å². The van der Waals surface area contributed by atoms with E-state index in [-0.39, 0.29) is 40.4 Å². The van der Waals surface area contributed by atoms with Gasteiger partial charge in [-0.3, -0.25) is 14.5 Å². The largest absolute Gasteiger partial charge is 0.493 e. The normalized spacial score (nSPS) is 14.3.